The summed E-state index contributed by atoms with van der Waals surface area (Å²) in [7, 11) is 0. The van der Waals surface area contributed by atoms with Gasteiger partial charge in [-0.3, -0.25) is 4.79 Å². The molecule has 0 N–H and O–H groups in total. The van der Waals surface area contributed by atoms with Gasteiger partial charge in [0.15, 0.2) is 0 Å². The summed E-state index contributed by atoms with van der Waals surface area (Å²) < 4.78 is 5.55. The number of ketones is 1. The standard InChI is InChI=1S/C18H31NO3/c1-18(2,3)22-17(21)19-12-8-4-5-11-15(19)13-16(20)14-9-6-7-10-14/h14-15H,4-13H2,1-3H3. The highest BCUT2D eigenvalue weighted by atomic mass is 16.6. The number of ether oxygens (including phenoxy) is 1. The van der Waals surface area contributed by atoms with Crippen molar-refractivity contribution in [2.75, 3.05) is 6.54 Å². The molecule has 4 nitrogen and oxygen atoms in total. The molecule has 1 atom stereocenters. The van der Waals surface area contributed by atoms with Crippen molar-refractivity contribution in [2.45, 2.75) is 90.2 Å². The molecule has 126 valence electrons. The zero-order valence-electron chi connectivity index (χ0n) is 14.4. The van der Waals surface area contributed by atoms with E-state index in [2.05, 4.69) is 0 Å². The van der Waals surface area contributed by atoms with Crippen LogP contribution >= 0.6 is 0 Å². The maximum absolute atomic E-state index is 12.5. The van der Waals surface area contributed by atoms with Gasteiger partial charge in [0, 0.05) is 24.9 Å². The predicted molar refractivity (Wildman–Crippen MR) is 86.8 cm³/mol. The van der Waals surface area contributed by atoms with Crippen molar-refractivity contribution in [3.05, 3.63) is 0 Å². The second-order valence-electron chi connectivity index (χ2n) is 7.83. The highest BCUT2D eigenvalue weighted by Gasteiger charge is 2.33. The van der Waals surface area contributed by atoms with Crippen molar-refractivity contribution in [1.82, 2.24) is 4.90 Å². The lowest BCUT2D eigenvalue weighted by molar-refractivity contribution is -0.123. The van der Waals surface area contributed by atoms with E-state index in [1.165, 1.54) is 12.8 Å². The first kappa shape index (κ1) is 17.3. The normalized spacial score (nSPS) is 24.1. The van der Waals surface area contributed by atoms with Crippen LogP contribution in [0.15, 0.2) is 0 Å². The van der Waals surface area contributed by atoms with Crippen LogP contribution in [0, 0.1) is 5.92 Å². The van der Waals surface area contributed by atoms with Crippen molar-refractivity contribution in [3.63, 3.8) is 0 Å². The average Bonchev–Trinajstić information content (AvgIpc) is 2.84. The Balaban J connectivity index is 2.00. The minimum absolute atomic E-state index is 0.0328. The molecule has 1 amide bonds. The molecule has 0 aromatic carbocycles. The van der Waals surface area contributed by atoms with Crippen LogP contribution in [0.4, 0.5) is 4.79 Å². The molecule has 2 aliphatic rings. The molecule has 1 saturated heterocycles. The van der Waals surface area contributed by atoms with E-state index >= 15 is 0 Å². The molecule has 0 aromatic rings. The number of hydrogen-bond acceptors (Lipinski definition) is 3. The van der Waals surface area contributed by atoms with E-state index in [1.807, 2.05) is 25.7 Å². The van der Waals surface area contributed by atoms with Gasteiger partial charge in [0.25, 0.3) is 0 Å². The zero-order chi connectivity index (χ0) is 16.2. The molecule has 0 bridgehead atoms. The number of rotatable bonds is 3. The molecule has 2 fully saturated rings. The molecule has 0 spiro atoms. The highest BCUT2D eigenvalue weighted by Crippen LogP contribution is 2.29. The molecule has 1 aliphatic heterocycles. The van der Waals surface area contributed by atoms with Crippen LogP contribution in [0.25, 0.3) is 0 Å². The van der Waals surface area contributed by atoms with E-state index < -0.39 is 5.60 Å². The van der Waals surface area contributed by atoms with Crippen LogP contribution in [-0.4, -0.2) is 35.0 Å². The second-order valence-corrected chi connectivity index (χ2v) is 7.83. The Bertz CT molecular complexity index is 394. The van der Waals surface area contributed by atoms with Gasteiger partial charge in [-0.1, -0.05) is 25.7 Å². The number of carbonyl (C=O) groups excluding carboxylic acids is 2. The maximum Gasteiger partial charge on any atom is 0.410 e. The number of amides is 1. The fraction of sp³-hybridized carbons (Fsp3) is 0.889. The topological polar surface area (TPSA) is 46.6 Å². The van der Waals surface area contributed by atoms with Gasteiger partial charge in [0.1, 0.15) is 11.4 Å². The Morgan fingerprint density at radius 1 is 1.00 bits per heavy atom. The molecule has 1 saturated carbocycles. The first-order valence-electron chi connectivity index (χ1n) is 8.89. The summed E-state index contributed by atoms with van der Waals surface area (Å²) in [5, 5.41) is 0. The van der Waals surface area contributed by atoms with Crippen LogP contribution in [0.2, 0.25) is 0 Å². The summed E-state index contributed by atoms with van der Waals surface area (Å²) in [5.74, 6) is 0.599. The quantitative estimate of drug-likeness (QED) is 0.780. The number of carbonyl (C=O) groups is 2. The van der Waals surface area contributed by atoms with Crippen LogP contribution in [0.3, 0.4) is 0 Å². The van der Waals surface area contributed by atoms with Crippen LogP contribution < -0.4 is 0 Å². The van der Waals surface area contributed by atoms with Crippen molar-refractivity contribution in [2.24, 2.45) is 5.92 Å². The minimum Gasteiger partial charge on any atom is -0.444 e. The van der Waals surface area contributed by atoms with E-state index in [0.29, 0.717) is 12.2 Å². The van der Waals surface area contributed by atoms with Gasteiger partial charge in [-0.25, -0.2) is 4.79 Å². The van der Waals surface area contributed by atoms with E-state index in [0.717, 1.165) is 45.1 Å². The fourth-order valence-electron chi connectivity index (χ4n) is 3.60. The summed E-state index contributed by atoms with van der Waals surface area (Å²) in [4.78, 5) is 26.8. The summed E-state index contributed by atoms with van der Waals surface area (Å²) in [6, 6.07) is 0.0328. The number of hydrogen-bond donors (Lipinski definition) is 0. The number of nitrogens with zero attached hydrogens (tertiary/aromatic N) is 1. The molecule has 0 radical (unpaired) electrons. The first-order chi connectivity index (χ1) is 10.4. The molecule has 22 heavy (non-hydrogen) atoms. The third-order valence-corrected chi connectivity index (χ3v) is 4.75. The Hall–Kier alpha value is -1.06. The Kier molecular flexibility index (Phi) is 5.87. The van der Waals surface area contributed by atoms with Gasteiger partial charge in [-0.2, -0.15) is 0 Å². The Labute approximate surface area is 134 Å². The minimum atomic E-state index is -0.483. The van der Waals surface area contributed by atoms with Crippen molar-refractivity contribution >= 4 is 11.9 Å². The Morgan fingerprint density at radius 3 is 2.27 bits per heavy atom. The molecule has 1 unspecified atom stereocenters. The Morgan fingerprint density at radius 2 is 1.64 bits per heavy atom. The molecular formula is C18H31NO3. The zero-order valence-corrected chi connectivity index (χ0v) is 14.4. The average molecular weight is 309 g/mol. The highest BCUT2D eigenvalue weighted by molar-refractivity contribution is 5.82. The van der Waals surface area contributed by atoms with Gasteiger partial charge in [-0.05, 0) is 46.5 Å². The third kappa shape index (κ3) is 4.99. The van der Waals surface area contributed by atoms with E-state index in [4.69, 9.17) is 4.74 Å². The van der Waals surface area contributed by atoms with Crippen LogP contribution in [0.5, 0.6) is 0 Å². The summed E-state index contributed by atoms with van der Waals surface area (Å²) >= 11 is 0. The molecule has 1 heterocycles. The third-order valence-electron chi connectivity index (χ3n) is 4.75. The van der Waals surface area contributed by atoms with Crippen LogP contribution in [-0.2, 0) is 9.53 Å². The monoisotopic (exact) mass is 309 g/mol. The number of likely N-dealkylation sites (tertiary alicyclic amines) is 1. The van der Waals surface area contributed by atoms with E-state index in [1.54, 1.807) is 0 Å². The van der Waals surface area contributed by atoms with Gasteiger partial charge in [-0.15, -0.1) is 0 Å². The lowest BCUT2D eigenvalue weighted by Crippen LogP contribution is -2.44. The van der Waals surface area contributed by atoms with E-state index in [-0.39, 0.29) is 18.1 Å². The molecule has 0 aromatic heterocycles. The van der Waals surface area contributed by atoms with Gasteiger partial charge in [0.2, 0.25) is 0 Å². The van der Waals surface area contributed by atoms with Gasteiger partial charge < -0.3 is 9.64 Å². The van der Waals surface area contributed by atoms with Crippen molar-refractivity contribution in [1.29, 1.82) is 0 Å². The lowest BCUT2D eigenvalue weighted by atomic mass is 9.94. The fourth-order valence-corrected chi connectivity index (χ4v) is 3.60. The van der Waals surface area contributed by atoms with Gasteiger partial charge >= 0.3 is 6.09 Å². The predicted octanol–water partition coefficient (Wildman–Crippen LogP) is 4.32. The molecule has 1 aliphatic carbocycles. The molecular weight excluding hydrogens is 278 g/mol. The SMILES string of the molecule is CC(C)(C)OC(=O)N1CCCCCC1CC(=O)C1CCCC1. The molecule has 2 rings (SSSR count). The van der Waals surface area contributed by atoms with Crippen molar-refractivity contribution < 1.29 is 14.3 Å². The van der Waals surface area contributed by atoms with Crippen molar-refractivity contribution in [3.8, 4) is 0 Å². The summed E-state index contributed by atoms with van der Waals surface area (Å²) in [5.41, 5.74) is -0.483. The maximum atomic E-state index is 12.5. The lowest BCUT2D eigenvalue weighted by Gasteiger charge is -2.32. The first-order valence-corrected chi connectivity index (χ1v) is 8.89. The van der Waals surface area contributed by atoms with Gasteiger partial charge in [0.05, 0.1) is 0 Å². The molecule has 4 heteroatoms. The second kappa shape index (κ2) is 7.47. The van der Waals surface area contributed by atoms with Crippen LogP contribution in [0.1, 0.15) is 78.6 Å². The summed E-state index contributed by atoms with van der Waals surface area (Å²) in [6.07, 6.45) is 8.87. The number of Topliss-reactive ketones (excluding diaryl/α,β-unsaturated/α-hetero) is 1. The smallest absolute Gasteiger partial charge is 0.410 e. The van der Waals surface area contributed by atoms with E-state index in [9.17, 15) is 9.59 Å². The summed E-state index contributed by atoms with van der Waals surface area (Å²) in [6.45, 7) is 6.39. The largest absolute Gasteiger partial charge is 0.444 e.